The van der Waals surface area contributed by atoms with E-state index >= 15 is 0 Å². The zero-order valence-corrected chi connectivity index (χ0v) is 15.7. The lowest BCUT2D eigenvalue weighted by Crippen LogP contribution is -2.10. The maximum atomic E-state index is 11.0. The molecule has 1 unspecified atom stereocenters. The van der Waals surface area contributed by atoms with Gasteiger partial charge in [-0.1, -0.05) is 19.1 Å². The van der Waals surface area contributed by atoms with Gasteiger partial charge in [0.15, 0.2) is 0 Å². The third kappa shape index (κ3) is 3.17. The number of nitrogens with zero attached hydrogens (tertiary/aromatic N) is 2. The average Bonchev–Trinajstić information content (AvgIpc) is 2.96. The number of benzene rings is 1. The maximum absolute atomic E-state index is 11.0. The van der Waals surface area contributed by atoms with Gasteiger partial charge in [0.2, 0.25) is 0 Å². The summed E-state index contributed by atoms with van der Waals surface area (Å²) in [5.41, 5.74) is 2.74. The van der Waals surface area contributed by atoms with Crippen molar-refractivity contribution in [1.82, 2.24) is 9.97 Å². The van der Waals surface area contributed by atoms with Crippen LogP contribution in [0.2, 0.25) is 0 Å². The van der Waals surface area contributed by atoms with Gasteiger partial charge in [0, 0.05) is 11.4 Å². The summed E-state index contributed by atoms with van der Waals surface area (Å²) < 4.78 is 0. The van der Waals surface area contributed by atoms with Crippen molar-refractivity contribution >= 4 is 33.3 Å². The van der Waals surface area contributed by atoms with Crippen molar-refractivity contribution in [2.75, 3.05) is 5.32 Å². The molecule has 0 aliphatic heterocycles. The molecule has 5 nitrogen and oxygen atoms in total. The number of carboxylic acids is 1. The smallest absolute Gasteiger partial charge is 0.335 e. The van der Waals surface area contributed by atoms with E-state index in [0.29, 0.717) is 12.1 Å². The number of fused-ring (bicyclic) bond motifs is 3. The van der Waals surface area contributed by atoms with Gasteiger partial charge in [0.25, 0.3) is 0 Å². The molecule has 2 heterocycles. The van der Waals surface area contributed by atoms with Crippen LogP contribution in [0.25, 0.3) is 10.2 Å². The Hall–Kier alpha value is -2.47. The van der Waals surface area contributed by atoms with Gasteiger partial charge < -0.3 is 10.4 Å². The first-order valence-corrected chi connectivity index (χ1v) is 9.68. The van der Waals surface area contributed by atoms with Crippen LogP contribution in [-0.4, -0.2) is 21.0 Å². The lowest BCUT2D eigenvalue weighted by Gasteiger charge is -2.18. The second-order valence-electron chi connectivity index (χ2n) is 7.01. The minimum Gasteiger partial charge on any atom is -0.478 e. The predicted molar refractivity (Wildman–Crippen MR) is 104 cm³/mol. The van der Waals surface area contributed by atoms with Gasteiger partial charge in [-0.25, -0.2) is 14.8 Å². The number of aromatic nitrogens is 2. The van der Waals surface area contributed by atoms with Crippen LogP contribution < -0.4 is 5.32 Å². The van der Waals surface area contributed by atoms with Gasteiger partial charge >= 0.3 is 5.97 Å². The molecular weight excluding hydrogens is 346 g/mol. The zero-order chi connectivity index (χ0) is 18.3. The minimum absolute atomic E-state index is 0.301. The summed E-state index contributed by atoms with van der Waals surface area (Å²) in [7, 11) is 0. The van der Waals surface area contributed by atoms with E-state index in [1.807, 2.05) is 19.1 Å². The molecule has 1 aromatic carbocycles. The third-order valence-corrected chi connectivity index (χ3v) is 6.08. The van der Waals surface area contributed by atoms with E-state index in [2.05, 4.69) is 22.2 Å². The maximum Gasteiger partial charge on any atom is 0.335 e. The molecule has 134 valence electrons. The summed E-state index contributed by atoms with van der Waals surface area (Å²) >= 11 is 1.80. The highest BCUT2D eigenvalue weighted by molar-refractivity contribution is 7.19. The van der Waals surface area contributed by atoms with Crippen molar-refractivity contribution in [3.8, 4) is 0 Å². The van der Waals surface area contributed by atoms with Gasteiger partial charge in [-0.2, -0.15) is 0 Å². The van der Waals surface area contributed by atoms with Gasteiger partial charge in [-0.05, 0) is 55.4 Å². The Balaban J connectivity index is 1.64. The van der Waals surface area contributed by atoms with Crippen LogP contribution in [0, 0.1) is 12.8 Å². The molecule has 0 amide bonds. The summed E-state index contributed by atoms with van der Waals surface area (Å²) in [6.07, 6.45) is 3.43. The number of hydrogen-bond acceptors (Lipinski definition) is 5. The van der Waals surface area contributed by atoms with Gasteiger partial charge in [0.1, 0.15) is 16.5 Å². The van der Waals surface area contributed by atoms with Crippen LogP contribution in [0.15, 0.2) is 24.3 Å². The summed E-state index contributed by atoms with van der Waals surface area (Å²) in [4.78, 5) is 22.8. The number of anilines is 1. The number of thiophene rings is 1. The SMILES string of the molecule is Cc1nc(NCc2ccc(C(=O)O)cc2)c2c3c(sc2n1)CC(C)CC3. The van der Waals surface area contributed by atoms with Gasteiger partial charge in [-0.15, -0.1) is 11.3 Å². The zero-order valence-electron chi connectivity index (χ0n) is 14.9. The van der Waals surface area contributed by atoms with Crippen molar-refractivity contribution in [3.63, 3.8) is 0 Å². The van der Waals surface area contributed by atoms with Crippen molar-refractivity contribution in [3.05, 3.63) is 51.7 Å². The lowest BCUT2D eigenvalue weighted by atomic mass is 9.89. The molecule has 1 aliphatic carbocycles. The highest BCUT2D eigenvalue weighted by Crippen LogP contribution is 2.40. The molecule has 1 atom stereocenters. The molecule has 1 aliphatic rings. The van der Waals surface area contributed by atoms with E-state index in [-0.39, 0.29) is 0 Å². The quantitative estimate of drug-likeness (QED) is 0.713. The van der Waals surface area contributed by atoms with Crippen LogP contribution in [0.4, 0.5) is 5.82 Å². The highest BCUT2D eigenvalue weighted by atomic mass is 32.1. The number of carbonyl (C=O) groups is 1. The van der Waals surface area contributed by atoms with Crippen molar-refractivity contribution in [1.29, 1.82) is 0 Å². The largest absolute Gasteiger partial charge is 0.478 e. The van der Waals surface area contributed by atoms with E-state index in [9.17, 15) is 4.79 Å². The van der Waals surface area contributed by atoms with Crippen molar-refractivity contribution in [2.45, 2.75) is 39.7 Å². The Morgan fingerprint density at radius 3 is 2.81 bits per heavy atom. The Morgan fingerprint density at radius 2 is 2.08 bits per heavy atom. The Bertz CT molecular complexity index is 979. The van der Waals surface area contributed by atoms with Crippen LogP contribution in [0.1, 0.15) is 45.5 Å². The van der Waals surface area contributed by atoms with Crippen LogP contribution in [0.3, 0.4) is 0 Å². The molecule has 0 spiro atoms. The monoisotopic (exact) mass is 367 g/mol. The highest BCUT2D eigenvalue weighted by Gasteiger charge is 2.23. The molecule has 0 saturated heterocycles. The number of aryl methyl sites for hydroxylation is 2. The first-order valence-electron chi connectivity index (χ1n) is 8.86. The molecule has 0 bridgehead atoms. The normalized spacial score (nSPS) is 16.5. The first-order chi connectivity index (χ1) is 12.5. The molecule has 2 aromatic heterocycles. The van der Waals surface area contributed by atoms with E-state index in [1.165, 1.54) is 22.2 Å². The van der Waals surface area contributed by atoms with Gasteiger partial charge in [-0.3, -0.25) is 0 Å². The van der Waals surface area contributed by atoms with E-state index in [1.54, 1.807) is 23.5 Å². The molecule has 6 heteroatoms. The average molecular weight is 367 g/mol. The molecule has 0 fully saturated rings. The molecule has 0 saturated carbocycles. The molecule has 3 aromatic rings. The lowest BCUT2D eigenvalue weighted by molar-refractivity contribution is 0.0697. The van der Waals surface area contributed by atoms with Crippen LogP contribution in [-0.2, 0) is 19.4 Å². The second-order valence-corrected chi connectivity index (χ2v) is 8.09. The molecule has 4 rings (SSSR count). The van der Waals surface area contributed by atoms with Crippen molar-refractivity contribution in [2.24, 2.45) is 5.92 Å². The Kier molecular flexibility index (Phi) is 4.36. The first kappa shape index (κ1) is 17.0. The summed E-state index contributed by atoms with van der Waals surface area (Å²) in [5.74, 6) is 1.49. The molecule has 2 N–H and O–H groups in total. The summed E-state index contributed by atoms with van der Waals surface area (Å²) in [6.45, 7) is 4.84. The summed E-state index contributed by atoms with van der Waals surface area (Å²) in [5, 5.41) is 13.6. The third-order valence-electron chi connectivity index (χ3n) is 4.93. The number of nitrogens with one attached hydrogen (secondary N) is 1. The number of hydrogen-bond donors (Lipinski definition) is 2. The number of carboxylic acid groups (broad SMARTS) is 1. The van der Waals surface area contributed by atoms with Crippen LogP contribution in [0.5, 0.6) is 0 Å². The van der Waals surface area contributed by atoms with Gasteiger partial charge in [0.05, 0.1) is 10.9 Å². The van der Waals surface area contributed by atoms with Crippen LogP contribution >= 0.6 is 11.3 Å². The van der Waals surface area contributed by atoms with E-state index in [0.717, 1.165) is 40.8 Å². The van der Waals surface area contributed by atoms with E-state index < -0.39 is 5.97 Å². The Labute approximate surface area is 156 Å². The molecule has 0 radical (unpaired) electrons. The fourth-order valence-electron chi connectivity index (χ4n) is 3.53. The minimum atomic E-state index is -0.906. The molecule has 26 heavy (non-hydrogen) atoms. The number of aromatic carboxylic acids is 1. The topological polar surface area (TPSA) is 75.1 Å². The molecular formula is C20H21N3O2S. The summed E-state index contributed by atoms with van der Waals surface area (Å²) in [6, 6.07) is 6.95. The fraction of sp³-hybridized carbons (Fsp3) is 0.350. The number of rotatable bonds is 4. The Morgan fingerprint density at radius 1 is 1.31 bits per heavy atom. The van der Waals surface area contributed by atoms with E-state index in [4.69, 9.17) is 5.11 Å². The predicted octanol–water partition coefficient (Wildman–Crippen LogP) is 4.43. The van der Waals surface area contributed by atoms with Crippen molar-refractivity contribution < 1.29 is 9.90 Å². The standard InChI is InChI=1S/C20H21N3O2S/c1-11-3-8-15-16(9-11)26-19-17(15)18(22-12(2)23-19)21-10-13-4-6-14(7-5-13)20(24)25/h4-7,11H,3,8-10H2,1-2H3,(H,24,25)(H,21,22,23). The fourth-order valence-corrected chi connectivity index (χ4v) is 4.96. The second kappa shape index (κ2) is 6.68.